The first-order valence-electron chi connectivity index (χ1n) is 5.13. The van der Waals surface area contributed by atoms with E-state index in [-0.39, 0.29) is 0 Å². The van der Waals surface area contributed by atoms with Gasteiger partial charge in [-0.2, -0.15) is 0 Å². The van der Waals surface area contributed by atoms with Crippen molar-refractivity contribution in [3.63, 3.8) is 0 Å². The van der Waals surface area contributed by atoms with E-state index in [4.69, 9.17) is 0 Å². The summed E-state index contributed by atoms with van der Waals surface area (Å²) in [6.45, 7) is 3.79. The Hall–Kier alpha value is -0.0400. The Labute approximate surface area is 69.8 Å². The average Bonchev–Trinajstić information content (AvgIpc) is 2.40. The second-order valence-corrected chi connectivity index (χ2v) is 4.17. The Morgan fingerprint density at radius 2 is 1.73 bits per heavy atom. The summed E-state index contributed by atoms with van der Waals surface area (Å²) in [4.78, 5) is 2.74. The summed E-state index contributed by atoms with van der Waals surface area (Å²) >= 11 is 0. The molecular formula is C10H19N. The largest absolute Gasteiger partial charge is 0.298 e. The normalized spacial score (nSPS) is 40.1. The number of rotatable bonds is 0. The van der Waals surface area contributed by atoms with Crippen molar-refractivity contribution < 1.29 is 0 Å². The van der Waals surface area contributed by atoms with Crippen LogP contribution in [0.4, 0.5) is 0 Å². The molecule has 2 fully saturated rings. The van der Waals surface area contributed by atoms with Gasteiger partial charge in [-0.25, -0.2) is 0 Å². The summed E-state index contributed by atoms with van der Waals surface area (Å²) in [5.41, 5.74) is 0. The van der Waals surface area contributed by atoms with E-state index in [0.29, 0.717) is 0 Å². The van der Waals surface area contributed by atoms with Crippen LogP contribution in [-0.4, -0.2) is 23.5 Å². The Morgan fingerprint density at radius 1 is 1.00 bits per heavy atom. The van der Waals surface area contributed by atoms with Gasteiger partial charge in [0.15, 0.2) is 0 Å². The molecule has 1 heteroatoms. The van der Waals surface area contributed by atoms with Gasteiger partial charge >= 0.3 is 0 Å². The van der Waals surface area contributed by atoms with Gasteiger partial charge in [-0.15, -0.1) is 0 Å². The Kier molecular flexibility index (Phi) is 2.17. The SMILES string of the molecule is C[C@@H]1CCCC[C@@H]2CCCN21. The fraction of sp³-hybridized carbons (Fsp3) is 1.00. The van der Waals surface area contributed by atoms with Crippen LogP contribution in [0.3, 0.4) is 0 Å². The standard InChI is InChI=1S/C10H19N/c1-9-5-2-3-6-10-7-4-8-11(9)10/h9-10H,2-8H2,1H3/t9-,10-/m1/s1. The van der Waals surface area contributed by atoms with Crippen LogP contribution in [0, 0.1) is 0 Å². The quantitative estimate of drug-likeness (QED) is 0.516. The molecule has 2 rings (SSSR count). The lowest BCUT2D eigenvalue weighted by Crippen LogP contribution is -2.35. The summed E-state index contributed by atoms with van der Waals surface area (Å²) in [5, 5.41) is 0. The average molecular weight is 153 g/mol. The van der Waals surface area contributed by atoms with Crippen molar-refractivity contribution in [3.8, 4) is 0 Å². The van der Waals surface area contributed by atoms with E-state index < -0.39 is 0 Å². The highest BCUT2D eigenvalue weighted by Gasteiger charge is 2.29. The lowest BCUT2D eigenvalue weighted by atomic mass is 10.1. The van der Waals surface area contributed by atoms with Crippen molar-refractivity contribution in [3.05, 3.63) is 0 Å². The minimum atomic E-state index is 0.880. The maximum Gasteiger partial charge on any atom is 0.00985 e. The molecule has 2 atom stereocenters. The van der Waals surface area contributed by atoms with Gasteiger partial charge in [0.05, 0.1) is 0 Å². The smallest absolute Gasteiger partial charge is 0.00985 e. The topological polar surface area (TPSA) is 3.24 Å². The second kappa shape index (κ2) is 3.14. The first-order valence-corrected chi connectivity index (χ1v) is 5.13. The van der Waals surface area contributed by atoms with E-state index in [1.165, 1.54) is 45.1 Å². The third-order valence-corrected chi connectivity index (χ3v) is 3.40. The zero-order valence-electron chi connectivity index (χ0n) is 7.55. The number of hydrogen-bond acceptors (Lipinski definition) is 1. The maximum atomic E-state index is 2.74. The van der Waals surface area contributed by atoms with Gasteiger partial charge in [-0.05, 0) is 39.2 Å². The second-order valence-electron chi connectivity index (χ2n) is 4.17. The molecule has 0 aromatic heterocycles. The van der Waals surface area contributed by atoms with Crippen LogP contribution < -0.4 is 0 Å². The summed E-state index contributed by atoms with van der Waals surface area (Å²) in [7, 11) is 0. The van der Waals surface area contributed by atoms with E-state index in [0.717, 1.165) is 12.1 Å². The summed E-state index contributed by atoms with van der Waals surface area (Å²) in [6, 6.07) is 1.84. The summed E-state index contributed by atoms with van der Waals surface area (Å²) in [6.07, 6.45) is 8.79. The van der Waals surface area contributed by atoms with E-state index in [9.17, 15) is 0 Å². The Balaban J connectivity index is 2.03. The van der Waals surface area contributed by atoms with Gasteiger partial charge in [0.25, 0.3) is 0 Å². The Morgan fingerprint density at radius 3 is 2.64 bits per heavy atom. The van der Waals surface area contributed by atoms with Crippen molar-refractivity contribution in [2.45, 2.75) is 57.5 Å². The van der Waals surface area contributed by atoms with Crippen LogP contribution in [0.25, 0.3) is 0 Å². The fourth-order valence-corrected chi connectivity index (χ4v) is 2.73. The molecule has 0 aromatic carbocycles. The van der Waals surface area contributed by atoms with E-state index in [2.05, 4.69) is 11.8 Å². The molecule has 2 aliphatic rings. The van der Waals surface area contributed by atoms with Gasteiger partial charge in [0.1, 0.15) is 0 Å². The van der Waals surface area contributed by atoms with Gasteiger partial charge < -0.3 is 0 Å². The van der Waals surface area contributed by atoms with Gasteiger partial charge in [-0.1, -0.05) is 12.8 Å². The first-order chi connectivity index (χ1) is 5.38. The molecule has 1 nitrogen and oxygen atoms in total. The molecule has 0 unspecified atom stereocenters. The summed E-state index contributed by atoms with van der Waals surface area (Å²) < 4.78 is 0. The molecule has 0 spiro atoms. The number of hydrogen-bond donors (Lipinski definition) is 0. The lowest BCUT2D eigenvalue weighted by molar-refractivity contribution is 0.194. The fourth-order valence-electron chi connectivity index (χ4n) is 2.73. The molecule has 0 aliphatic carbocycles. The lowest BCUT2D eigenvalue weighted by Gasteiger charge is -2.27. The monoisotopic (exact) mass is 153 g/mol. The van der Waals surface area contributed by atoms with Crippen LogP contribution >= 0.6 is 0 Å². The van der Waals surface area contributed by atoms with Crippen molar-refractivity contribution in [1.82, 2.24) is 4.90 Å². The van der Waals surface area contributed by atoms with Crippen LogP contribution in [0.5, 0.6) is 0 Å². The molecule has 64 valence electrons. The third-order valence-electron chi connectivity index (χ3n) is 3.40. The molecule has 2 heterocycles. The van der Waals surface area contributed by atoms with Gasteiger partial charge in [0.2, 0.25) is 0 Å². The molecule has 0 N–H and O–H groups in total. The number of fused-ring (bicyclic) bond motifs is 1. The Bertz CT molecular complexity index is 133. The predicted molar refractivity (Wildman–Crippen MR) is 47.7 cm³/mol. The van der Waals surface area contributed by atoms with Gasteiger partial charge in [0, 0.05) is 12.1 Å². The van der Waals surface area contributed by atoms with Crippen LogP contribution in [0.15, 0.2) is 0 Å². The number of nitrogens with zero attached hydrogens (tertiary/aromatic N) is 1. The van der Waals surface area contributed by atoms with Crippen molar-refractivity contribution >= 4 is 0 Å². The van der Waals surface area contributed by atoms with E-state index >= 15 is 0 Å². The highest BCUT2D eigenvalue weighted by molar-refractivity contribution is 4.85. The van der Waals surface area contributed by atoms with Gasteiger partial charge in [-0.3, -0.25) is 4.90 Å². The van der Waals surface area contributed by atoms with Crippen molar-refractivity contribution in [2.75, 3.05) is 6.54 Å². The highest BCUT2D eigenvalue weighted by Crippen LogP contribution is 2.29. The molecule has 0 aromatic rings. The predicted octanol–water partition coefficient (Wildman–Crippen LogP) is 2.41. The van der Waals surface area contributed by atoms with E-state index in [1.54, 1.807) is 0 Å². The third kappa shape index (κ3) is 1.44. The molecule has 2 aliphatic heterocycles. The van der Waals surface area contributed by atoms with Crippen LogP contribution in [-0.2, 0) is 0 Å². The van der Waals surface area contributed by atoms with Crippen molar-refractivity contribution in [2.24, 2.45) is 0 Å². The summed E-state index contributed by atoms with van der Waals surface area (Å²) in [5.74, 6) is 0. The molecule has 0 bridgehead atoms. The van der Waals surface area contributed by atoms with Crippen LogP contribution in [0.1, 0.15) is 45.4 Å². The molecule has 11 heavy (non-hydrogen) atoms. The minimum absolute atomic E-state index is 0.880. The van der Waals surface area contributed by atoms with Crippen LogP contribution in [0.2, 0.25) is 0 Å². The zero-order chi connectivity index (χ0) is 7.68. The van der Waals surface area contributed by atoms with Crippen molar-refractivity contribution in [1.29, 1.82) is 0 Å². The minimum Gasteiger partial charge on any atom is -0.298 e. The maximum absolute atomic E-state index is 2.74. The molecule has 0 amide bonds. The molecule has 2 saturated heterocycles. The van der Waals surface area contributed by atoms with E-state index in [1.807, 2.05) is 0 Å². The highest BCUT2D eigenvalue weighted by atomic mass is 15.2. The molecule has 0 saturated carbocycles. The molecule has 0 radical (unpaired) electrons. The zero-order valence-corrected chi connectivity index (χ0v) is 7.55. The molecular weight excluding hydrogens is 134 g/mol. The first kappa shape index (κ1) is 7.60.